The van der Waals surface area contributed by atoms with E-state index in [4.69, 9.17) is 66.7 Å². The Morgan fingerprint density at radius 1 is 0.333 bits per heavy atom. The fourth-order valence-electron chi connectivity index (χ4n) is 3.62. The molecule has 17 nitrogen and oxygen atoms in total. The Hall–Kier alpha value is -2.03. The Bertz CT molecular complexity index is 758. The second-order valence-electron chi connectivity index (χ2n) is 10.5. The lowest BCUT2D eigenvalue weighted by Gasteiger charge is -2.09. The highest BCUT2D eigenvalue weighted by atomic mass is 16.6. The van der Waals surface area contributed by atoms with E-state index in [1.165, 1.54) is 0 Å². The largest absolute Gasteiger partial charge is 0.481 e. The van der Waals surface area contributed by atoms with Crippen molar-refractivity contribution in [2.45, 2.75) is 45.4 Å². The van der Waals surface area contributed by atoms with Gasteiger partial charge in [0.25, 0.3) is 0 Å². The second kappa shape index (κ2) is 42.4. The van der Waals surface area contributed by atoms with Crippen molar-refractivity contribution in [2.24, 2.45) is 0 Å². The third-order valence-corrected chi connectivity index (χ3v) is 6.18. The van der Waals surface area contributed by atoms with Crippen LogP contribution in [-0.4, -0.2) is 182 Å². The van der Waals surface area contributed by atoms with Crippen LogP contribution in [0.4, 0.5) is 0 Å². The molecule has 51 heavy (non-hydrogen) atoms. The van der Waals surface area contributed by atoms with E-state index in [1.54, 1.807) is 0 Å². The van der Waals surface area contributed by atoms with E-state index in [0.29, 0.717) is 158 Å². The number of hydrogen-bond acceptors (Lipinski definition) is 16. The lowest BCUT2D eigenvalue weighted by atomic mass is 10.2. The molecular formula is C34H64O17. The van der Waals surface area contributed by atoms with Crippen molar-refractivity contribution in [1.29, 1.82) is 0 Å². The van der Waals surface area contributed by atoms with Gasteiger partial charge in [-0.25, -0.2) is 0 Å². The third-order valence-electron chi connectivity index (χ3n) is 6.18. The third kappa shape index (κ3) is 44.1. The van der Waals surface area contributed by atoms with E-state index >= 15 is 0 Å². The molecule has 0 saturated heterocycles. The average molecular weight is 745 g/mol. The van der Waals surface area contributed by atoms with Gasteiger partial charge in [-0.15, -0.1) is 0 Å². The van der Waals surface area contributed by atoms with Crippen molar-refractivity contribution in [3.63, 3.8) is 0 Å². The molecular weight excluding hydrogens is 680 g/mol. The van der Waals surface area contributed by atoms with Gasteiger partial charge in [0.05, 0.1) is 145 Å². The normalized spacial score (nSPS) is 11.2. The number of ether oxygens (including phenoxy) is 13. The van der Waals surface area contributed by atoms with Gasteiger partial charge >= 0.3 is 17.9 Å². The van der Waals surface area contributed by atoms with Crippen LogP contribution in [-0.2, 0) is 76.0 Å². The summed E-state index contributed by atoms with van der Waals surface area (Å²) in [6.07, 6.45) is 2.43. The van der Waals surface area contributed by atoms with E-state index in [-0.39, 0.29) is 44.6 Å². The van der Waals surface area contributed by atoms with E-state index < -0.39 is 5.97 Å². The molecule has 0 aliphatic heterocycles. The molecule has 0 aromatic carbocycles. The molecule has 0 aromatic heterocycles. The molecule has 0 spiro atoms. The molecule has 302 valence electrons. The minimum absolute atomic E-state index is 0.0566. The fourth-order valence-corrected chi connectivity index (χ4v) is 3.62. The Morgan fingerprint density at radius 2 is 0.549 bits per heavy atom. The fraction of sp³-hybridized carbons (Fsp3) is 0.912. The van der Waals surface area contributed by atoms with Crippen molar-refractivity contribution in [1.82, 2.24) is 0 Å². The zero-order valence-electron chi connectivity index (χ0n) is 30.7. The topological polar surface area (TPSA) is 191 Å². The molecule has 0 bridgehead atoms. The van der Waals surface area contributed by atoms with Gasteiger partial charge in [-0.05, 0) is 19.3 Å². The quantitative estimate of drug-likeness (QED) is 0.0700. The summed E-state index contributed by atoms with van der Waals surface area (Å²) in [5.74, 6) is -1.41. The van der Waals surface area contributed by atoms with E-state index in [9.17, 15) is 14.4 Å². The van der Waals surface area contributed by atoms with Crippen molar-refractivity contribution < 1.29 is 81.1 Å². The van der Waals surface area contributed by atoms with Crippen LogP contribution >= 0.6 is 0 Å². The maximum atomic E-state index is 11.5. The number of hydrogen-bond donors (Lipinski definition) is 1. The minimum Gasteiger partial charge on any atom is -0.481 e. The van der Waals surface area contributed by atoms with Crippen LogP contribution < -0.4 is 0 Å². The summed E-state index contributed by atoms with van der Waals surface area (Å²) in [6, 6.07) is 0. The molecule has 0 rings (SSSR count). The Labute approximate surface area is 303 Å². The van der Waals surface area contributed by atoms with Crippen LogP contribution in [0.5, 0.6) is 0 Å². The summed E-state index contributed by atoms with van der Waals surface area (Å²) < 4.78 is 69.7. The van der Waals surface area contributed by atoms with Crippen LogP contribution in [0.2, 0.25) is 0 Å². The molecule has 0 aromatic rings. The van der Waals surface area contributed by atoms with E-state index in [2.05, 4.69) is 0 Å². The zero-order chi connectivity index (χ0) is 37.1. The SMILES string of the molecule is CCCC(=O)OCCOCCOCCOCCOCCOCCOCCOCCOCCOCCOCCOCCOC(=O)CCCCC(=O)O. The Balaban J connectivity index is 3.11. The van der Waals surface area contributed by atoms with Crippen LogP contribution in [0.1, 0.15) is 45.4 Å². The molecule has 0 radical (unpaired) electrons. The van der Waals surface area contributed by atoms with E-state index in [0.717, 1.165) is 6.42 Å². The van der Waals surface area contributed by atoms with Crippen molar-refractivity contribution in [3.05, 3.63) is 0 Å². The molecule has 0 saturated carbocycles. The molecule has 0 aliphatic carbocycles. The number of carboxylic acid groups (broad SMARTS) is 1. The van der Waals surface area contributed by atoms with Crippen molar-refractivity contribution in [2.75, 3.05) is 159 Å². The summed E-state index contributed by atoms with van der Waals surface area (Å²) in [4.78, 5) is 33.1. The van der Waals surface area contributed by atoms with Crippen LogP contribution in [0.3, 0.4) is 0 Å². The Morgan fingerprint density at radius 3 is 0.784 bits per heavy atom. The van der Waals surface area contributed by atoms with E-state index in [1.807, 2.05) is 6.92 Å². The lowest BCUT2D eigenvalue weighted by molar-refractivity contribution is -0.146. The summed E-state index contributed by atoms with van der Waals surface area (Å²) in [7, 11) is 0. The van der Waals surface area contributed by atoms with Gasteiger partial charge in [0, 0.05) is 19.3 Å². The average Bonchev–Trinajstić information content (AvgIpc) is 3.11. The summed E-state index contributed by atoms with van der Waals surface area (Å²) in [6.45, 7) is 12.2. The van der Waals surface area contributed by atoms with Gasteiger partial charge in [-0.2, -0.15) is 0 Å². The number of aliphatic carboxylic acids is 1. The number of esters is 2. The maximum absolute atomic E-state index is 11.5. The highest BCUT2D eigenvalue weighted by Gasteiger charge is 2.04. The minimum atomic E-state index is -0.866. The molecule has 1 N–H and O–H groups in total. The van der Waals surface area contributed by atoms with Gasteiger partial charge in [-0.3, -0.25) is 14.4 Å². The molecule has 0 atom stereocenters. The summed E-state index contributed by atoms with van der Waals surface area (Å²) in [5.41, 5.74) is 0. The number of rotatable bonds is 43. The predicted molar refractivity (Wildman–Crippen MR) is 182 cm³/mol. The number of carboxylic acids is 1. The second-order valence-corrected chi connectivity index (χ2v) is 10.5. The first-order valence-corrected chi connectivity index (χ1v) is 17.9. The van der Waals surface area contributed by atoms with Crippen LogP contribution in [0.15, 0.2) is 0 Å². The zero-order valence-corrected chi connectivity index (χ0v) is 30.7. The highest BCUT2D eigenvalue weighted by Crippen LogP contribution is 2.01. The molecule has 0 fully saturated rings. The number of carbonyl (C=O) groups excluding carboxylic acids is 2. The summed E-state index contributed by atoms with van der Waals surface area (Å²) >= 11 is 0. The van der Waals surface area contributed by atoms with Crippen LogP contribution in [0.25, 0.3) is 0 Å². The molecule has 0 aliphatic rings. The first-order chi connectivity index (χ1) is 25.1. The Kier molecular flexibility index (Phi) is 40.7. The number of carbonyl (C=O) groups is 3. The first kappa shape index (κ1) is 49.0. The van der Waals surface area contributed by atoms with Gasteiger partial charge in [0.2, 0.25) is 0 Å². The van der Waals surface area contributed by atoms with Gasteiger partial charge in [0.15, 0.2) is 0 Å². The van der Waals surface area contributed by atoms with Gasteiger partial charge in [0.1, 0.15) is 13.2 Å². The van der Waals surface area contributed by atoms with Gasteiger partial charge in [-0.1, -0.05) is 6.92 Å². The highest BCUT2D eigenvalue weighted by molar-refractivity contribution is 5.70. The number of unbranched alkanes of at least 4 members (excludes halogenated alkanes) is 1. The smallest absolute Gasteiger partial charge is 0.305 e. The predicted octanol–water partition coefficient (Wildman–Crippen LogP) is 1.70. The lowest BCUT2D eigenvalue weighted by Crippen LogP contribution is -2.16. The summed E-state index contributed by atoms with van der Waals surface area (Å²) in [5, 5.41) is 8.55. The molecule has 0 amide bonds. The van der Waals surface area contributed by atoms with Crippen molar-refractivity contribution in [3.8, 4) is 0 Å². The monoisotopic (exact) mass is 744 g/mol. The van der Waals surface area contributed by atoms with Crippen LogP contribution in [0, 0.1) is 0 Å². The molecule has 17 heteroatoms. The van der Waals surface area contributed by atoms with Crippen molar-refractivity contribution >= 4 is 17.9 Å². The molecule has 0 unspecified atom stereocenters. The maximum Gasteiger partial charge on any atom is 0.305 e. The molecule has 0 heterocycles. The first-order valence-electron chi connectivity index (χ1n) is 17.9. The standard InChI is InChI=1S/C34H64O17/c1-2-5-33(37)50-30-28-48-26-24-46-22-20-44-18-16-42-14-12-40-10-8-39-9-11-41-13-15-43-17-19-45-21-23-47-25-27-49-29-31-51-34(38)7-4-3-6-32(35)36/h2-31H2,1H3,(H,35,36). The van der Waals surface area contributed by atoms with Gasteiger partial charge < -0.3 is 66.7 Å².